The van der Waals surface area contributed by atoms with Crippen molar-refractivity contribution < 1.29 is 34.0 Å². The van der Waals surface area contributed by atoms with Gasteiger partial charge in [-0.2, -0.15) is 0 Å². The SMILES string of the molecule is CCCCCCCCCCOc1cc(COc2cc(C(=O)O)cc(C(=O)O)c2)cc(OCCCCCCCCCC)c1. The van der Waals surface area contributed by atoms with Crippen LogP contribution >= 0.6 is 0 Å². The molecule has 2 N–H and O–H groups in total. The van der Waals surface area contributed by atoms with Crippen LogP contribution in [0.2, 0.25) is 0 Å². The molecule has 0 aliphatic rings. The minimum atomic E-state index is -1.21. The van der Waals surface area contributed by atoms with Crippen LogP contribution in [0.25, 0.3) is 0 Å². The van der Waals surface area contributed by atoms with Gasteiger partial charge >= 0.3 is 11.9 Å². The molecule has 7 nitrogen and oxygen atoms in total. The van der Waals surface area contributed by atoms with E-state index in [0.717, 1.165) is 37.3 Å². The average molecular weight is 585 g/mol. The molecule has 0 aliphatic carbocycles. The van der Waals surface area contributed by atoms with Gasteiger partial charge in [-0.1, -0.05) is 104 Å². The lowest BCUT2D eigenvalue weighted by atomic mass is 10.1. The second-order valence-corrected chi connectivity index (χ2v) is 11.1. The van der Waals surface area contributed by atoms with Crippen LogP contribution in [-0.2, 0) is 6.61 Å². The molecule has 0 saturated heterocycles. The van der Waals surface area contributed by atoms with Crippen molar-refractivity contribution in [1.82, 2.24) is 0 Å². The first-order chi connectivity index (χ1) is 20.4. The van der Waals surface area contributed by atoms with Gasteiger partial charge in [0, 0.05) is 6.07 Å². The lowest BCUT2D eigenvalue weighted by molar-refractivity contribution is 0.0696. The van der Waals surface area contributed by atoms with E-state index in [9.17, 15) is 19.8 Å². The molecule has 2 aromatic carbocycles. The monoisotopic (exact) mass is 584 g/mol. The molecule has 0 fully saturated rings. The molecule has 2 aromatic rings. The predicted octanol–water partition coefficient (Wildman–Crippen LogP) is 9.70. The smallest absolute Gasteiger partial charge is 0.335 e. The fourth-order valence-corrected chi connectivity index (χ4v) is 4.83. The highest BCUT2D eigenvalue weighted by Gasteiger charge is 2.13. The number of hydrogen-bond acceptors (Lipinski definition) is 5. The first kappa shape index (κ1) is 35.0. The maximum atomic E-state index is 11.5. The van der Waals surface area contributed by atoms with Crippen LogP contribution in [0.3, 0.4) is 0 Å². The van der Waals surface area contributed by atoms with Crippen molar-refractivity contribution in [2.75, 3.05) is 13.2 Å². The molecule has 0 spiro atoms. The third-order valence-corrected chi connectivity index (χ3v) is 7.28. The van der Waals surface area contributed by atoms with Crippen LogP contribution in [0.5, 0.6) is 17.2 Å². The Morgan fingerprint density at radius 1 is 0.500 bits per heavy atom. The first-order valence-corrected chi connectivity index (χ1v) is 16.1. The highest BCUT2D eigenvalue weighted by Crippen LogP contribution is 2.26. The number of aromatic carboxylic acids is 2. The molecule has 0 heterocycles. The van der Waals surface area contributed by atoms with E-state index in [-0.39, 0.29) is 23.5 Å². The van der Waals surface area contributed by atoms with E-state index in [1.54, 1.807) is 0 Å². The number of ether oxygens (including phenoxy) is 3. The summed E-state index contributed by atoms with van der Waals surface area (Å²) in [4.78, 5) is 22.9. The zero-order valence-corrected chi connectivity index (χ0v) is 25.8. The van der Waals surface area contributed by atoms with E-state index in [2.05, 4.69) is 13.8 Å². The molecular formula is C35H52O7. The molecule has 0 radical (unpaired) electrons. The third kappa shape index (κ3) is 15.1. The van der Waals surface area contributed by atoms with E-state index in [0.29, 0.717) is 24.7 Å². The van der Waals surface area contributed by atoms with Gasteiger partial charge in [0.15, 0.2) is 0 Å². The van der Waals surface area contributed by atoms with E-state index >= 15 is 0 Å². The van der Waals surface area contributed by atoms with Gasteiger partial charge in [-0.3, -0.25) is 0 Å². The van der Waals surface area contributed by atoms with E-state index in [1.807, 2.05) is 18.2 Å². The number of benzene rings is 2. The second-order valence-electron chi connectivity index (χ2n) is 11.1. The Balaban J connectivity index is 1.95. The van der Waals surface area contributed by atoms with E-state index < -0.39 is 11.9 Å². The Hall–Kier alpha value is -3.22. The Morgan fingerprint density at radius 3 is 1.29 bits per heavy atom. The minimum Gasteiger partial charge on any atom is -0.493 e. The zero-order chi connectivity index (χ0) is 30.4. The molecule has 234 valence electrons. The van der Waals surface area contributed by atoms with Gasteiger partial charge in [-0.25, -0.2) is 9.59 Å². The normalized spacial score (nSPS) is 10.9. The zero-order valence-electron chi connectivity index (χ0n) is 25.8. The molecule has 0 bridgehead atoms. The van der Waals surface area contributed by atoms with Crippen LogP contribution in [0, 0.1) is 0 Å². The lowest BCUT2D eigenvalue weighted by Gasteiger charge is -2.14. The Labute approximate surface area is 252 Å². The van der Waals surface area contributed by atoms with Crippen LogP contribution in [-0.4, -0.2) is 35.4 Å². The maximum Gasteiger partial charge on any atom is 0.335 e. The lowest BCUT2D eigenvalue weighted by Crippen LogP contribution is -2.05. The van der Waals surface area contributed by atoms with Gasteiger partial charge in [0.2, 0.25) is 0 Å². The standard InChI is InChI=1S/C35H52O7/c1-3-5-7-9-11-13-15-17-19-40-31-21-28(22-32(26-31)41-20-18-16-14-12-10-8-6-4-2)27-42-33-24-29(34(36)37)23-30(25-33)35(38)39/h21-26H,3-20,27H2,1-2H3,(H,36,37)(H,38,39). The molecule has 0 amide bonds. The summed E-state index contributed by atoms with van der Waals surface area (Å²) >= 11 is 0. The first-order valence-electron chi connectivity index (χ1n) is 16.1. The second kappa shape index (κ2) is 21.5. The molecule has 42 heavy (non-hydrogen) atoms. The van der Waals surface area contributed by atoms with Crippen molar-refractivity contribution in [3.8, 4) is 17.2 Å². The number of carbonyl (C=O) groups is 2. The molecule has 2 rings (SSSR count). The van der Waals surface area contributed by atoms with E-state index in [1.165, 1.54) is 89.2 Å². The van der Waals surface area contributed by atoms with Crippen molar-refractivity contribution in [1.29, 1.82) is 0 Å². The quantitative estimate of drug-likeness (QED) is 0.112. The van der Waals surface area contributed by atoms with Crippen molar-refractivity contribution in [3.05, 3.63) is 53.1 Å². The van der Waals surface area contributed by atoms with Gasteiger partial charge < -0.3 is 24.4 Å². The summed E-state index contributed by atoms with van der Waals surface area (Å²) in [6, 6.07) is 9.48. The topological polar surface area (TPSA) is 102 Å². The molecule has 0 saturated carbocycles. The van der Waals surface area contributed by atoms with Gasteiger partial charge in [-0.15, -0.1) is 0 Å². The Bertz CT molecular complexity index is 977. The number of rotatable bonds is 25. The average Bonchev–Trinajstić information content (AvgIpc) is 2.98. The molecule has 0 aromatic heterocycles. The fraction of sp³-hybridized carbons (Fsp3) is 0.600. The minimum absolute atomic E-state index is 0.116. The van der Waals surface area contributed by atoms with Crippen LogP contribution in [0.4, 0.5) is 0 Å². The molecule has 0 aliphatic heterocycles. The fourth-order valence-electron chi connectivity index (χ4n) is 4.83. The summed E-state index contributed by atoms with van der Waals surface area (Å²) in [5, 5.41) is 18.7. The largest absolute Gasteiger partial charge is 0.493 e. The highest BCUT2D eigenvalue weighted by atomic mass is 16.5. The van der Waals surface area contributed by atoms with E-state index in [4.69, 9.17) is 14.2 Å². The molecule has 7 heteroatoms. The van der Waals surface area contributed by atoms with Crippen molar-refractivity contribution in [2.45, 2.75) is 123 Å². The van der Waals surface area contributed by atoms with Gasteiger partial charge in [-0.05, 0) is 48.7 Å². The van der Waals surface area contributed by atoms with Crippen LogP contribution in [0.15, 0.2) is 36.4 Å². The summed E-state index contributed by atoms with van der Waals surface area (Å²) in [6.45, 7) is 5.83. The molecule has 0 unspecified atom stereocenters. The summed E-state index contributed by atoms with van der Waals surface area (Å²) in [5.41, 5.74) is 0.524. The van der Waals surface area contributed by atoms with Gasteiger partial charge in [0.25, 0.3) is 0 Å². The Kier molecular flexibility index (Phi) is 17.9. The van der Waals surface area contributed by atoms with Gasteiger partial charge in [0.05, 0.1) is 24.3 Å². The number of carboxylic acid groups (broad SMARTS) is 2. The Morgan fingerprint density at radius 2 is 0.881 bits per heavy atom. The molecule has 0 atom stereocenters. The van der Waals surface area contributed by atoms with Crippen LogP contribution < -0.4 is 14.2 Å². The number of unbranched alkanes of at least 4 members (excludes halogenated alkanes) is 14. The van der Waals surface area contributed by atoms with Crippen molar-refractivity contribution in [2.24, 2.45) is 0 Å². The highest BCUT2D eigenvalue weighted by molar-refractivity contribution is 5.94. The maximum absolute atomic E-state index is 11.5. The number of carboxylic acids is 2. The van der Waals surface area contributed by atoms with Crippen molar-refractivity contribution in [3.63, 3.8) is 0 Å². The van der Waals surface area contributed by atoms with Crippen molar-refractivity contribution >= 4 is 11.9 Å². The summed E-state index contributed by atoms with van der Waals surface area (Å²) in [7, 11) is 0. The summed E-state index contributed by atoms with van der Waals surface area (Å²) in [5.74, 6) is -0.836. The van der Waals surface area contributed by atoms with Gasteiger partial charge in [0.1, 0.15) is 23.9 Å². The predicted molar refractivity (Wildman–Crippen MR) is 167 cm³/mol. The third-order valence-electron chi connectivity index (χ3n) is 7.28. The van der Waals surface area contributed by atoms with Crippen LogP contribution in [0.1, 0.15) is 143 Å². The number of hydrogen-bond donors (Lipinski definition) is 2. The molecular weight excluding hydrogens is 532 g/mol. The summed E-state index contributed by atoms with van der Waals surface area (Å²) in [6.07, 6.45) is 19.7. The summed E-state index contributed by atoms with van der Waals surface area (Å²) < 4.78 is 18.0.